The van der Waals surface area contributed by atoms with Crippen molar-refractivity contribution in [1.82, 2.24) is 10.2 Å². The Hall–Kier alpha value is -0.770. The quantitative estimate of drug-likeness (QED) is 0.818. The van der Waals surface area contributed by atoms with Crippen LogP contribution >= 0.6 is 0 Å². The van der Waals surface area contributed by atoms with Crippen molar-refractivity contribution < 1.29 is 9.53 Å². The van der Waals surface area contributed by atoms with E-state index in [-0.39, 0.29) is 11.7 Å². The molecular formula is C13H24N2O2. The van der Waals surface area contributed by atoms with Crippen molar-refractivity contribution in [2.24, 2.45) is 11.8 Å². The van der Waals surface area contributed by atoms with Gasteiger partial charge in [-0.2, -0.15) is 0 Å². The van der Waals surface area contributed by atoms with Crippen LogP contribution in [0.5, 0.6) is 0 Å². The Morgan fingerprint density at radius 3 is 2.41 bits per heavy atom. The van der Waals surface area contributed by atoms with Gasteiger partial charge in [0.25, 0.3) is 0 Å². The molecule has 98 valence electrons. The maximum Gasteiger partial charge on any atom is 0.410 e. The molecule has 17 heavy (non-hydrogen) atoms. The van der Waals surface area contributed by atoms with Crippen molar-refractivity contribution in [3.8, 4) is 0 Å². The number of rotatable bonds is 3. The molecule has 2 atom stereocenters. The Labute approximate surface area is 104 Å². The molecule has 1 aliphatic heterocycles. The maximum atomic E-state index is 11.8. The molecule has 0 aromatic rings. The minimum absolute atomic E-state index is 0.154. The molecular weight excluding hydrogens is 216 g/mol. The van der Waals surface area contributed by atoms with Crippen molar-refractivity contribution in [1.29, 1.82) is 0 Å². The average molecular weight is 240 g/mol. The molecule has 1 aliphatic carbocycles. The predicted octanol–water partition coefficient (Wildman–Crippen LogP) is 1.85. The predicted molar refractivity (Wildman–Crippen MR) is 66.9 cm³/mol. The fourth-order valence-corrected chi connectivity index (χ4v) is 2.62. The minimum Gasteiger partial charge on any atom is -0.444 e. The van der Waals surface area contributed by atoms with Crippen LogP contribution in [0.15, 0.2) is 0 Å². The molecule has 0 bridgehead atoms. The summed E-state index contributed by atoms with van der Waals surface area (Å²) >= 11 is 0. The Balaban J connectivity index is 1.74. The van der Waals surface area contributed by atoms with Crippen LogP contribution in [0.1, 0.15) is 34.1 Å². The molecule has 1 saturated carbocycles. The van der Waals surface area contributed by atoms with Crippen molar-refractivity contribution >= 4 is 6.09 Å². The first-order chi connectivity index (χ1) is 7.92. The number of hydrogen-bond donors (Lipinski definition) is 1. The van der Waals surface area contributed by atoms with Gasteiger partial charge in [0.1, 0.15) is 5.60 Å². The monoisotopic (exact) mass is 240 g/mol. The number of amides is 1. The first-order valence-corrected chi connectivity index (χ1v) is 6.63. The summed E-state index contributed by atoms with van der Waals surface area (Å²) in [5.41, 5.74) is -0.385. The third-order valence-corrected chi connectivity index (χ3v) is 3.48. The molecule has 1 saturated heterocycles. The summed E-state index contributed by atoms with van der Waals surface area (Å²) in [4.78, 5) is 13.7. The van der Waals surface area contributed by atoms with E-state index in [4.69, 9.17) is 4.74 Å². The summed E-state index contributed by atoms with van der Waals surface area (Å²) in [5, 5.41) is 3.54. The standard InChI is InChI=1S/C13H24N2O2/c1-5-6-14-11-9-7-15(8-10(9)11)12(16)17-13(2,3)4/h9-11,14H,5-8H2,1-4H3. The molecule has 0 aromatic carbocycles. The van der Waals surface area contributed by atoms with Gasteiger partial charge in [-0.25, -0.2) is 4.79 Å². The van der Waals surface area contributed by atoms with Crippen LogP contribution in [0.3, 0.4) is 0 Å². The highest BCUT2D eigenvalue weighted by atomic mass is 16.6. The summed E-state index contributed by atoms with van der Waals surface area (Å²) in [5.74, 6) is 1.32. The molecule has 4 nitrogen and oxygen atoms in total. The number of likely N-dealkylation sites (tertiary alicyclic amines) is 1. The van der Waals surface area contributed by atoms with Gasteiger partial charge in [0.15, 0.2) is 0 Å². The van der Waals surface area contributed by atoms with Gasteiger partial charge < -0.3 is 15.0 Å². The van der Waals surface area contributed by atoms with E-state index in [1.165, 1.54) is 6.42 Å². The lowest BCUT2D eigenvalue weighted by Gasteiger charge is -2.26. The van der Waals surface area contributed by atoms with Crippen LogP contribution in [0.25, 0.3) is 0 Å². The first-order valence-electron chi connectivity index (χ1n) is 6.63. The van der Waals surface area contributed by atoms with Gasteiger partial charge in [0, 0.05) is 19.1 Å². The largest absolute Gasteiger partial charge is 0.444 e. The topological polar surface area (TPSA) is 41.6 Å². The zero-order chi connectivity index (χ0) is 12.6. The van der Waals surface area contributed by atoms with Crippen molar-refractivity contribution in [3.63, 3.8) is 0 Å². The second kappa shape index (κ2) is 4.48. The number of nitrogens with one attached hydrogen (secondary N) is 1. The molecule has 0 radical (unpaired) electrons. The Kier molecular flexibility index (Phi) is 3.34. The fraction of sp³-hybridized carbons (Fsp3) is 0.923. The molecule has 2 fully saturated rings. The summed E-state index contributed by atoms with van der Waals surface area (Å²) in [6, 6.07) is 0.647. The van der Waals surface area contributed by atoms with Crippen LogP contribution in [0.2, 0.25) is 0 Å². The zero-order valence-electron chi connectivity index (χ0n) is 11.3. The number of hydrogen-bond acceptors (Lipinski definition) is 3. The van der Waals surface area contributed by atoms with E-state index in [1.807, 2.05) is 25.7 Å². The summed E-state index contributed by atoms with van der Waals surface area (Å²) in [6.07, 6.45) is 1.02. The number of ether oxygens (including phenoxy) is 1. The van der Waals surface area contributed by atoms with Gasteiger partial charge in [0.05, 0.1) is 0 Å². The molecule has 2 rings (SSSR count). The zero-order valence-corrected chi connectivity index (χ0v) is 11.3. The Morgan fingerprint density at radius 2 is 1.94 bits per heavy atom. The van der Waals surface area contributed by atoms with E-state index >= 15 is 0 Å². The van der Waals surface area contributed by atoms with Gasteiger partial charge in [-0.15, -0.1) is 0 Å². The second-order valence-electron chi connectivity index (χ2n) is 6.19. The van der Waals surface area contributed by atoms with Crippen molar-refractivity contribution in [2.75, 3.05) is 19.6 Å². The smallest absolute Gasteiger partial charge is 0.410 e. The average Bonchev–Trinajstić information content (AvgIpc) is 2.67. The van der Waals surface area contributed by atoms with Gasteiger partial charge in [0.2, 0.25) is 0 Å². The van der Waals surface area contributed by atoms with Crippen molar-refractivity contribution in [3.05, 3.63) is 0 Å². The number of nitrogens with zero attached hydrogens (tertiary/aromatic N) is 1. The molecule has 2 unspecified atom stereocenters. The molecule has 1 N–H and O–H groups in total. The van der Waals surface area contributed by atoms with Gasteiger partial charge in [-0.3, -0.25) is 0 Å². The highest BCUT2D eigenvalue weighted by molar-refractivity contribution is 5.69. The van der Waals surface area contributed by atoms with Crippen LogP contribution in [-0.4, -0.2) is 42.3 Å². The van der Waals surface area contributed by atoms with Gasteiger partial charge >= 0.3 is 6.09 Å². The second-order valence-corrected chi connectivity index (χ2v) is 6.19. The third-order valence-electron chi connectivity index (χ3n) is 3.48. The summed E-state index contributed by atoms with van der Waals surface area (Å²) in [7, 11) is 0. The lowest BCUT2D eigenvalue weighted by Crippen LogP contribution is -2.39. The highest BCUT2D eigenvalue weighted by Gasteiger charge is 2.56. The maximum absolute atomic E-state index is 11.8. The molecule has 0 spiro atoms. The molecule has 0 aromatic heterocycles. The molecule has 2 aliphatic rings. The van der Waals surface area contributed by atoms with E-state index in [0.717, 1.165) is 19.6 Å². The van der Waals surface area contributed by atoms with Crippen LogP contribution in [0, 0.1) is 11.8 Å². The Morgan fingerprint density at radius 1 is 1.35 bits per heavy atom. The van der Waals surface area contributed by atoms with E-state index < -0.39 is 0 Å². The number of fused-ring (bicyclic) bond motifs is 1. The van der Waals surface area contributed by atoms with Crippen LogP contribution in [0.4, 0.5) is 4.79 Å². The minimum atomic E-state index is -0.385. The first kappa shape index (κ1) is 12.7. The Bertz CT molecular complexity index is 286. The molecule has 1 amide bonds. The molecule has 1 heterocycles. The third kappa shape index (κ3) is 2.92. The number of carbonyl (C=O) groups excluding carboxylic acids is 1. The fourth-order valence-electron chi connectivity index (χ4n) is 2.62. The number of piperidine rings is 1. The number of carbonyl (C=O) groups is 1. The molecule has 4 heteroatoms. The normalized spacial score (nSPS) is 31.3. The summed E-state index contributed by atoms with van der Waals surface area (Å²) < 4.78 is 5.37. The lowest BCUT2D eigenvalue weighted by molar-refractivity contribution is 0.0269. The van der Waals surface area contributed by atoms with E-state index in [1.54, 1.807) is 0 Å². The lowest BCUT2D eigenvalue weighted by atomic mass is 10.2. The van der Waals surface area contributed by atoms with E-state index in [0.29, 0.717) is 17.9 Å². The van der Waals surface area contributed by atoms with Gasteiger partial charge in [-0.1, -0.05) is 6.92 Å². The van der Waals surface area contributed by atoms with Crippen LogP contribution < -0.4 is 5.32 Å². The van der Waals surface area contributed by atoms with Crippen LogP contribution in [-0.2, 0) is 4.74 Å². The van der Waals surface area contributed by atoms with E-state index in [2.05, 4.69) is 12.2 Å². The SMILES string of the molecule is CCCNC1C2CN(C(=O)OC(C)(C)C)CC21. The van der Waals surface area contributed by atoms with E-state index in [9.17, 15) is 4.79 Å². The van der Waals surface area contributed by atoms with Crippen molar-refractivity contribution in [2.45, 2.75) is 45.8 Å². The summed E-state index contributed by atoms with van der Waals surface area (Å²) in [6.45, 7) is 10.7. The van der Waals surface area contributed by atoms with Gasteiger partial charge in [-0.05, 0) is 45.6 Å². The highest BCUT2D eigenvalue weighted by Crippen LogP contribution is 2.45.